The van der Waals surface area contributed by atoms with Crippen LogP contribution in [0.5, 0.6) is 0 Å². The van der Waals surface area contributed by atoms with E-state index in [-0.39, 0.29) is 5.91 Å². The van der Waals surface area contributed by atoms with Gasteiger partial charge in [-0.05, 0) is 12.1 Å². The van der Waals surface area contributed by atoms with Crippen LogP contribution in [-0.4, -0.2) is 30.2 Å². The van der Waals surface area contributed by atoms with Crippen molar-refractivity contribution in [3.8, 4) is 0 Å². The minimum atomic E-state index is 0.0295. The molecule has 0 atom stereocenters. The Kier molecular flexibility index (Phi) is 2.08. The highest BCUT2D eigenvalue weighted by molar-refractivity contribution is 6.01. The number of aliphatic imine (C=N–C) groups is 1. The van der Waals surface area contributed by atoms with E-state index in [2.05, 4.69) is 4.99 Å². The molecule has 0 N–H and O–H groups in total. The average Bonchev–Trinajstić information content (AvgIpc) is 2.71. The van der Waals surface area contributed by atoms with E-state index in [4.69, 9.17) is 0 Å². The Hall–Kier alpha value is -1.64. The molecule has 2 rings (SSSR count). The molecule has 0 aromatic heterocycles. The number of amides is 1. The van der Waals surface area contributed by atoms with E-state index in [0.29, 0.717) is 6.54 Å². The SMILES string of the molecule is O=C(c1ccccc1)N1C=NCC1. The van der Waals surface area contributed by atoms with Crippen LogP contribution in [0, 0.1) is 0 Å². The topological polar surface area (TPSA) is 32.7 Å². The Morgan fingerprint density at radius 2 is 2.08 bits per heavy atom. The lowest BCUT2D eigenvalue weighted by atomic mass is 10.2. The van der Waals surface area contributed by atoms with E-state index in [0.717, 1.165) is 12.1 Å². The molecule has 1 heterocycles. The maximum absolute atomic E-state index is 11.7. The van der Waals surface area contributed by atoms with E-state index in [9.17, 15) is 4.79 Å². The molecule has 0 bridgehead atoms. The summed E-state index contributed by atoms with van der Waals surface area (Å²) in [6.45, 7) is 1.42. The summed E-state index contributed by atoms with van der Waals surface area (Å²) in [4.78, 5) is 17.3. The number of benzene rings is 1. The van der Waals surface area contributed by atoms with Gasteiger partial charge in [0, 0.05) is 12.1 Å². The highest BCUT2D eigenvalue weighted by atomic mass is 16.2. The van der Waals surface area contributed by atoms with Crippen molar-refractivity contribution in [1.29, 1.82) is 0 Å². The molecule has 0 saturated carbocycles. The Labute approximate surface area is 76.7 Å². The minimum Gasteiger partial charge on any atom is -0.297 e. The number of carbonyl (C=O) groups is 1. The number of rotatable bonds is 1. The summed E-state index contributed by atoms with van der Waals surface area (Å²) in [5.41, 5.74) is 0.718. The summed E-state index contributed by atoms with van der Waals surface area (Å²) < 4.78 is 0. The molecule has 66 valence electrons. The van der Waals surface area contributed by atoms with Crippen LogP contribution in [-0.2, 0) is 0 Å². The number of hydrogen-bond donors (Lipinski definition) is 0. The first kappa shape index (κ1) is 7.98. The molecule has 0 spiro atoms. The van der Waals surface area contributed by atoms with Crippen molar-refractivity contribution in [2.75, 3.05) is 13.1 Å². The molecule has 0 aliphatic carbocycles. The fraction of sp³-hybridized carbons (Fsp3) is 0.200. The van der Waals surface area contributed by atoms with E-state index in [1.54, 1.807) is 11.2 Å². The van der Waals surface area contributed by atoms with Gasteiger partial charge in [0.05, 0.1) is 12.9 Å². The molecule has 0 radical (unpaired) electrons. The van der Waals surface area contributed by atoms with Crippen LogP contribution < -0.4 is 0 Å². The molecule has 3 heteroatoms. The Morgan fingerprint density at radius 3 is 2.69 bits per heavy atom. The summed E-state index contributed by atoms with van der Waals surface area (Å²) in [6, 6.07) is 9.25. The van der Waals surface area contributed by atoms with Gasteiger partial charge in [-0.25, -0.2) is 0 Å². The second-order valence-electron chi connectivity index (χ2n) is 2.89. The molecule has 1 aromatic carbocycles. The highest BCUT2D eigenvalue weighted by Gasteiger charge is 2.15. The molecular formula is C10H10N2O. The normalized spacial score (nSPS) is 14.9. The van der Waals surface area contributed by atoms with Gasteiger partial charge in [0.25, 0.3) is 5.91 Å². The van der Waals surface area contributed by atoms with Gasteiger partial charge in [-0.2, -0.15) is 0 Å². The summed E-state index contributed by atoms with van der Waals surface area (Å²) >= 11 is 0. The zero-order valence-electron chi connectivity index (χ0n) is 7.18. The van der Waals surface area contributed by atoms with Gasteiger partial charge in [0.15, 0.2) is 0 Å². The molecule has 1 amide bonds. The Bertz CT molecular complexity index is 332. The Morgan fingerprint density at radius 1 is 1.31 bits per heavy atom. The van der Waals surface area contributed by atoms with Crippen molar-refractivity contribution in [3.63, 3.8) is 0 Å². The van der Waals surface area contributed by atoms with Gasteiger partial charge in [-0.3, -0.25) is 14.7 Å². The van der Waals surface area contributed by atoms with Crippen molar-refractivity contribution in [2.45, 2.75) is 0 Å². The third-order valence-electron chi connectivity index (χ3n) is 1.97. The van der Waals surface area contributed by atoms with Crippen LogP contribution in [0.4, 0.5) is 0 Å². The van der Waals surface area contributed by atoms with E-state index < -0.39 is 0 Å². The van der Waals surface area contributed by atoms with Gasteiger partial charge < -0.3 is 0 Å². The van der Waals surface area contributed by atoms with Crippen LogP contribution in [0.25, 0.3) is 0 Å². The van der Waals surface area contributed by atoms with Gasteiger partial charge in [-0.15, -0.1) is 0 Å². The zero-order valence-corrected chi connectivity index (χ0v) is 7.18. The highest BCUT2D eigenvalue weighted by Crippen LogP contribution is 2.05. The third-order valence-corrected chi connectivity index (χ3v) is 1.97. The second kappa shape index (κ2) is 3.39. The lowest BCUT2D eigenvalue weighted by Gasteiger charge is -2.10. The maximum atomic E-state index is 11.7. The van der Waals surface area contributed by atoms with Crippen molar-refractivity contribution in [1.82, 2.24) is 4.90 Å². The molecule has 13 heavy (non-hydrogen) atoms. The third kappa shape index (κ3) is 1.59. The lowest BCUT2D eigenvalue weighted by Crippen LogP contribution is -2.27. The second-order valence-corrected chi connectivity index (χ2v) is 2.89. The van der Waals surface area contributed by atoms with Crippen LogP contribution >= 0.6 is 0 Å². The monoisotopic (exact) mass is 174 g/mol. The molecule has 3 nitrogen and oxygen atoms in total. The van der Waals surface area contributed by atoms with Gasteiger partial charge in [0.1, 0.15) is 0 Å². The van der Waals surface area contributed by atoms with Crippen molar-refractivity contribution < 1.29 is 4.79 Å². The minimum absolute atomic E-state index is 0.0295. The zero-order chi connectivity index (χ0) is 9.10. The quantitative estimate of drug-likeness (QED) is 0.629. The molecule has 0 unspecified atom stereocenters. The first-order chi connectivity index (χ1) is 6.38. The maximum Gasteiger partial charge on any atom is 0.259 e. The predicted octanol–water partition coefficient (Wildman–Crippen LogP) is 1.17. The first-order valence-corrected chi connectivity index (χ1v) is 4.24. The summed E-state index contributed by atoms with van der Waals surface area (Å²) in [6.07, 6.45) is 1.61. The van der Waals surface area contributed by atoms with Gasteiger partial charge >= 0.3 is 0 Å². The fourth-order valence-electron chi connectivity index (χ4n) is 1.28. The largest absolute Gasteiger partial charge is 0.297 e. The van der Waals surface area contributed by atoms with Crippen LogP contribution in [0.2, 0.25) is 0 Å². The Balaban J connectivity index is 2.18. The molecular weight excluding hydrogens is 164 g/mol. The first-order valence-electron chi connectivity index (χ1n) is 4.24. The molecule has 0 saturated heterocycles. The summed E-state index contributed by atoms with van der Waals surface area (Å²) in [5.74, 6) is 0.0295. The lowest BCUT2D eigenvalue weighted by molar-refractivity contribution is 0.0862. The number of carbonyl (C=O) groups excluding carboxylic acids is 1. The molecule has 0 fully saturated rings. The van der Waals surface area contributed by atoms with Crippen molar-refractivity contribution in [2.24, 2.45) is 4.99 Å². The van der Waals surface area contributed by atoms with E-state index in [1.165, 1.54) is 0 Å². The number of hydrogen-bond acceptors (Lipinski definition) is 2. The molecule has 1 aliphatic heterocycles. The van der Waals surface area contributed by atoms with Crippen molar-refractivity contribution >= 4 is 12.2 Å². The van der Waals surface area contributed by atoms with Gasteiger partial charge in [0.2, 0.25) is 0 Å². The van der Waals surface area contributed by atoms with Crippen LogP contribution in [0.15, 0.2) is 35.3 Å². The smallest absolute Gasteiger partial charge is 0.259 e. The predicted molar refractivity (Wildman–Crippen MR) is 50.8 cm³/mol. The summed E-state index contributed by atoms with van der Waals surface area (Å²) in [7, 11) is 0. The van der Waals surface area contributed by atoms with E-state index in [1.807, 2.05) is 30.3 Å². The van der Waals surface area contributed by atoms with Gasteiger partial charge in [-0.1, -0.05) is 18.2 Å². The standard InChI is InChI=1S/C10H10N2O/c13-10(12-7-6-11-8-12)9-4-2-1-3-5-9/h1-5,8H,6-7H2. The van der Waals surface area contributed by atoms with Crippen LogP contribution in [0.1, 0.15) is 10.4 Å². The fourth-order valence-corrected chi connectivity index (χ4v) is 1.28. The van der Waals surface area contributed by atoms with Crippen LogP contribution in [0.3, 0.4) is 0 Å². The van der Waals surface area contributed by atoms with Crippen molar-refractivity contribution in [3.05, 3.63) is 35.9 Å². The summed E-state index contributed by atoms with van der Waals surface area (Å²) in [5, 5.41) is 0. The molecule has 1 aromatic rings. The number of nitrogens with zero attached hydrogens (tertiary/aromatic N) is 2. The van der Waals surface area contributed by atoms with E-state index >= 15 is 0 Å². The molecule has 1 aliphatic rings. The average molecular weight is 174 g/mol.